The molecule has 2 aromatic carbocycles. The van der Waals surface area contributed by atoms with Gasteiger partial charge in [-0.15, -0.1) is 0 Å². The van der Waals surface area contributed by atoms with E-state index >= 15 is 0 Å². The number of hydrogen-bond donors (Lipinski definition) is 0. The van der Waals surface area contributed by atoms with Crippen molar-refractivity contribution >= 4 is 10.8 Å². The lowest BCUT2D eigenvalue weighted by Crippen LogP contribution is -2.48. The van der Waals surface area contributed by atoms with Crippen LogP contribution in [-0.4, -0.2) is 37.3 Å². The molecule has 1 saturated heterocycles. The number of fused-ring (bicyclic) bond motifs is 1. The number of ether oxygens (including phenoxy) is 1. The zero-order valence-electron chi connectivity index (χ0n) is 13.1. The van der Waals surface area contributed by atoms with E-state index in [-0.39, 0.29) is 0 Å². The van der Waals surface area contributed by atoms with Crippen molar-refractivity contribution in [3.8, 4) is 5.75 Å². The molecule has 0 bridgehead atoms. The molecule has 0 N–H and O–H groups in total. The summed E-state index contributed by atoms with van der Waals surface area (Å²) in [4.78, 5) is 0. The smallest absolute Gasteiger partial charge is 0.137 e. The highest BCUT2D eigenvalue weighted by molar-refractivity contribution is 5.88. The van der Waals surface area contributed by atoms with Crippen LogP contribution in [0.3, 0.4) is 0 Å². The first kappa shape index (κ1) is 14.4. The maximum atomic E-state index is 6.14. The van der Waals surface area contributed by atoms with E-state index in [1.807, 2.05) is 0 Å². The first-order chi connectivity index (χ1) is 10.3. The first-order valence-corrected chi connectivity index (χ1v) is 8.29. The van der Waals surface area contributed by atoms with Crippen molar-refractivity contribution in [2.45, 2.75) is 26.2 Å². The molecule has 0 saturated carbocycles. The van der Waals surface area contributed by atoms with Gasteiger partial charge < -0.3 is 9.22 Å². The minimum Gasteiger partial charge on any atom is -0.487 e. The van der Waals surface area contributed by atoms with Crippen LogP contribution in [0, 0.1) is 0 Å². The molecule has 21 heavy (non-hydrogen) atoms. The normalized spacial score (nSPS) is 17.2. The van der Waals surface area contributed by atoms with Gasteiger partial charge in [0.05, 0.1) is 19.6 Å². The summed E-state index contributed by atoms with van der Waals surface area (Å²) in [6.45, 7) is 8.26. The predicted molar refractivity (Wildman–Crippen MR) is 88.7 cm³/mol. The maximum absolute atomic E-state index is 6.14. The van der Waals surface area contributed by atoms with Crippen molar-refractivity contribution in [3.63, 3.8) is 0 Å². The topological polar surface area (TPSA) is 9.23 Å². The van der Waals surface area contributed by atoms with Gasteiger partial charge in [-0.25, -0.2) is 0 Å². The Hall–Kier alpha value is -1.54. The van der Waals surface area contributed by atoms with Crippen molar-refractivity contribution in [2.24, 2.45) is 0 Å². The summed E-state index contributed by atoms with van der Waals surface area (Å²) in [5, 5.41) is 2.48. The van der Waals surface area contributed by atoms with Gasteiger partial charge in [0.15, 0.2) is 0 Å². The number of nitrogens with zero attached hydrogens (tertiary/aromatic N) is 1. The summed E-state index contributed by atoms with van der Waals surface area (Å²) in [5.41, 5.74) is 0. The van der Waals surface area contributed by atoms with Gasteiger partial charge in [0.1, 0.15) is 18.9 Å². The van der Waals surface area contributed by atoms with Gasteiger partial charge in [0.25, 0.3) is 0 Å². The van der Waals surface area contributed by atoms with E-state index in [0.717, 1.165) is 18.9 Å². The van der Waals surface area contributed by atoms with Crippen molar-refractivity contribution in [2.75, 3.05) is 32.8 Å². The molecule has 2 nitrogen and oxygen atoms in total. The van der Waals surface area contributed by atoms with Crippen molar-refractivity contribution < 1.29 is 9.22 Å². The molecular formula is C19H26NO+. The fraction of sp³-hybridized carbons (Fsp3) is 0.474. The molecule has 112 valence electrons. The quantitative estimate of drug-likeness (QED) is 0.721. The monoisotopic (exact) mass is 284 g/mol. The van der Waals surface area contributed by atoms with Gasteiger partial charge in [-0.1, -0.05) is 43.3 Å². The van der Waals surface area contributed by atoms with E-state index < -0.39 is 0 Å². The van der Waals surface area contributed by atoms with Crippen molar-refractivity contribution in [3.05, 3.63) is 42.5 Å². The second-order valence-electron chi connectivity index (χ2n) is 6.27. The van der Waals surface area contributed by atoms with E-state index in [9.17, 15) is 0 Å². The van der Waals surface area contributed by atoms with Crippen LogP contribution in [0.25, 0.3) is 10.8 Å². The average Bonchev–Trinajstić information content (AvgIpc) is 2.97. The summed E-state index contributed by atoms with van der Waals surface area (Å²) >= 11 is 0. The molecule has 1 aliphatic rings. The third-order valence-electron chi connectivity index (χ3n) is 4.79. The van der Waals surface area contributed by atoms with Gasteiger partial charge >= 0.3 is 0 Å². The summed E-state index contributed by atoms with van der Waals surface area (Å²) in [6, 6.07) is 14.8. The highest BCUT2D eigenvalue weighted by Gasteiger charge is 2.30. The molecule has 1 fully saturated rings. The van der Waals surface area contributed by atoms with Gasteiger partial charge in [0.2, 0.25) is 0 Å². The second kappa shape index (κ2) is 6.48. The Morgan fingerprint density at radius 1 is 0.952 bits per heavy atom. The van der Waals surface area contributed by atoms with E-state index in [1.165, 1.54) is 54.2 Å². The van der Waals surface area contributed by atoms with Crippen LogP contribution in [0.15, 0.2) is 42.5 Å². The Bertz CT molecular complexity index is 582. The molecule has 0 aromatic heterocycles. The van der Waals surface area contributed by atoms with Crippen LogP contribution in [0.1, 0.15) is 26.2 Å². The lowest BCUT2D eigenvalue weighted by molar-refractivity contribution is -0.916. The Kier molecular flexibility index (Phi) is 4.45. The number of quaternary nitrogens is 1. The van der Waals surface area contributed by atoms with Gasteiger partial charge in [0, 0.05) is 18.2 Å². The number of rotatable bonds is 6. The fourth-order valence-electron chi connectivity index (χ4n) is 3.71. The largest absolute Gasteiger partial charge is 0.487 e. The van der Waals surface area contributed by atoms with Crippen molar-refractivity contribution in [1.29, 1.82) is 0 Å². The molecular weight excluding hydrogens is 258 g/mol. The SMILES string of the molecule is CCC[N+]1(CCOc2cccc3ccccc23)CCCC1. The summed E-state index contributed by atoms with van der Waals surface area (Å²) in [5.74, 6) is 1.03. The van der Waals surface area contributed by atoms with E-state index in [0.29, 0.717) is 0 Å². The van der Waals surface area contributed by atoms with E-state index in [2.05, 4.69) is 49.4 Å². The number of likely N-dealkylation sites (tertiary alicyclic amines) is 1. The molecule has 1 heterocycles. The zero-order valence-corrected chi connectivity index (χ0v) is 13.1. The van der Waals surface area contributed by atoms with E-state index in [4.69, 9.17) is 4.74 Å². The Balaban J connectivity index is 1.66. The molecule has 0 spiro atoms. The Morgan fingerprint density at radius 2 is 1.71 bits per heavy atom. The molecule has 0 atom stereocenters. The number of hydrogen-bond acceptors (Lipinski definition) is 1. The van der Waals surface area contributed by atoms with Crippen molar-refractivity contribution in [1.82, 2.24) is 0 Å². The molecule has 0 aliphatic carbocycles. The molecule has 1 aliphatic heterocycles. The second-order valence-corrected chi connectivity index (χ2v) is 6.27. The van der Waals surface area contributed by atoms with E-state index in [1.54, 1.807) is 0 Å². The minimum atomic E-state index is 0.827. The van der Waals surface area contributed by atoms with Crippen LogP contribution in [-0.2, 0) is 0 Å². The van der Waals surface area contributed by atoms with Gasteiger partial charge in [-0.05, 0) is 17.9 Å². The average molecular weight is 284 g/mol. The third kappa shape index (κ3) is 3.21. The van der Waals surface area contributed by atoms with Gasteiger partial charge in [-0.2, -0.15) is 0 Å². The molecule has 0 radical (unpaired) electrons. The maximum Gasteiger partial charge on any atom is 0.137 e. The summed E-state index contributed by atoms with van der Waals surface area (Å²) < 4.78 is 7.40. The lowest BCUT2D eigenvalue weighted by atomic mass is 10.1. The molecule has 3 rings (SSSR count). The lowest BCUT2D eigenvalue weighted by Gasteiger charge is -2.33. The summed E-state index contributed by atoms with van der Waals surface area (Å²) in [7, 11) is 0. The molecule has 0 amide bonds. The fourth-order valence-corrected chi connectivity index (χ4v) is 3.71. The minimum absolute atomic E-state index is 0.827. The van der Waals surface area contributed by atoms with Crippen LogP contribution in [0.5, 0.6) is 5.75 Å². The Morgan fingerprint density at radius 3 is 2.52 bits per heavy atom. The molecule has 2 heteroatoms. The highest BCUT2D eigenvalue weighted by Crippen LogP contribution is 2.26. The molecule has 0 unspecified atom stereocenters. The summed E-state index contributed by atoms with van der Waals surface area (Å²) in [6.07, 6.45) is 4.04. The highest BCUT2D eigenvalue weighted by atomic mass is 16.5. The van der Waals surface area contributed by atoms with Crippen LogP contribution >= 0.6 is 0 Å². The van der Waals surface area contributed by atoms with Crippen LogP contribution < -0.4 is 4.74 Å². The third-order valence-corrected chi connectivity index (χ3v) is 4.79. The zero-order chi connectivity index (χ0) is 14.5. The predicted octanol–water partition coefficient (Wildman–Crippen LogP) is 4.24. The van der Waals surface area contributed by atoms with Crippen LogP contribution in [0.2, 0.25) is 0 Å². The Labute approximate surface area is 127 Å². The standard InChI is InChI=1S/C19H26NO/c1-2-12-20(13-5-6-14-20)15-16-21-19-11-7-9-17-8-3-4-10-18(17)19/h3-4,7-11H,2,5-6,12-16H2,1H3/q+1. The number of benzene rings is 2. The molecule has 2 aromatic rings. The van der Waals surface area contributed by atoms with Crippen LogP contribution in [0.4, 0.5) is 0 Å². The van der Waals surface area contributed by atoms with Gasteiger partial charge in [-0.3, -0.25) is 0 Å². The first-order valence-electron chi connectivity index (χ1n) is 8.29.